The van der Waals surface area contributed by atoms with Gasteiger partial charge in [-0.3, -0.25) is 0 Å². The molecular formula is C18H27N3O3. The zero-order valence-electron chi connectivity index (χ0n) is 14.4. The van der Waals surface area contributed by atoms with Crippen molar-refractivity contribution in [3.8, 4) is 5.75 Å². The molecule has 2 fully saturated rings. The van der Waals surface area contributed by atoms with Crippen molar-refractivity contribution in [3.05, 3.63) is 24.3 Å². The molecule has 6 heteroatoms. The van der Waals surface area contributed by atoms with Crippen molar-refractivity contribution in [2.24, 2.45) is 11.8 Å². The summed E-state index contributed by atoms with van der Waals surface area (Å²) in [7, 11) is 0. The number of amides is 2. The molecule has 0 saturated carbocycles. The molecule has 2 aliphatic rings. The summed E-state index contributed by atoms with van der Waals surface area (Å²) in [4.78, 5) is 16.4. The Hall–Kier alpha value is -1.95. The monoisotopic (exact) mass is 333 g/mol. The molecule has 2 heterocycles. The Morgan fingerprint density at radius 2 is 1.88 bits per heavy atom. The molecule has 0 aromatic heterocycles. The van der Waals surface area contributed by atoms with Crippen molar-refractivity contribution in [2.75, 3.05) is 44.2 Å². The van der Waals surface area contributed by atoms with Crippen molar-refractivity contribution in [3.63, 3.8) is 0 Å². The van der Waals surface area contributed by atoms with Crippen LogP contribution in [0, 0.1) is 11.8 Å². The summed E-state index contributed by atoms with van der Waals surface area (Å²) in [5, 5.41) is 12.1. The number of benzene rings is 1. The van der Waals surface area contributed by atoms with Crippen molar-refractivity contribution in [2.45, 2.75) is 20.0 Å². The second-order valence-electron chi connectivity index (χ2n) is 6.79. The predicted octanol–water partition coefficient (Wildman–Crippen LogP) is 1.54. The molecule has 2 N–H and O–H groups in total. The zero-order chi connectivity index (χ0) is 17.1. The minimum absolute atomic E-state index is 0.0575. The standard InChI is InChI=1S/C18H27N3O3/c1-3-24-17-6-4-16(5-7-17)20-9-14-11-21(12-15(14)10-20)18(23)19-8-13(2)22/h4-7,13-15,22H,3,8-12H2,1-2H3,(H,19,23)/t13-,14-,15+/m1/s1. The molecule has 3 rings (SSSR count). The fourth-order valence-corrected chi connectivity index (χ4v) is 3.64. The van der Waals surface area contributed by atoms with Crippen LogP contribution in [0.1, 0.15) is 13.8 Å². The lowest BCUT2D eigenvalue weighted by Crippen LogP contribution is -2.42. The van der Waals surface area contributed by atoms with Crippen LogP contribution in [-0.2, 0) is 0 Å². The van der Waals surface area contributed by atoms with Crippen LogP contribution in [0.25, 0.3) is 0 Å². The van der Waals surface area contributed by atoms with E-state index in [1.807, 2.05) is 24.0 Å². The molecule has 0 bridgehead atoms. The largest absolute Gasteiger partial charge is 0.494 e. The minimum Gasteiger partial charge on any atom is -0.494 e. The molecule has 1 aromatic rings. The smallest absolute Gasteiger partial charge is 0.317 e. The second kappa shape index (κ2) is 7.30. The Morgan fingerprint density at radius 1 is 1.25 bits per heavy atom. The number of anilines is 1. The van der Waals surface area contributed by atoms with E-state index in [4.69, 9.17) is 4.74 Å². The van der Waals surface area contributed by atoms with Crippen LogP contribution < -0.4 is 15.0 Å². The predicted molar refractivity (Wildman–Crippen MR) is 93.5 cm³/mol. The fourth-order valence-electron chi connectivity index (χ4n) is 3.64. The number of urea groups is 1. The summed E-state index contributed by atoms with van der Waals surface area (Å²) in [6.45, 7) is 8.21. The highest BCUT2D eigenvalue weighted by molar-refractivity contribution is 5.74. The van der Waals surface area contributed by atoms with Gasteiger partial charge < -0.3 is 25.0 Å². The van der Waals surface area contributed by atoms with Gasteiger partial charge in [-0.05, 0) is 38.1 Å². The van der Waals surface area contributed by atoms with Gasteiger partial charge in [0.15, 0.2) is 0 Å². The summed E-state index contributed by atoms with van der Waals surface area (Å²) in [5.74, 6) is 1.95. The normalized spacial score (nSPS) is 24.0. The Labute approximate surface area is 143 Å². The number of nitrogens with one attached hydrogen (secondary N) is 1. The molecule has 0 unspecified atom stereocenters. The third-order valence-corrected chi connectivity index (χ3v) is 4.84. The molecule has 2 aliphatic heterocycles. The van der Waals surface area contributed by atoms with Crippen LogP contribution >= 0.6 is 0 Å². The minimum atomic E-state index is -0.508. The number of likely N-dealkylation sites (tertiary alicyclic amines) is 1. The van der Waals surface area contributed by atoms with E-state index in [1.165, 1.54) is 5.69 Å². The highest BCUT2D eigenvalue weighted by atomic mass is 16.5. The molecule has 2 amide bonds. The first-order valence-corrected chi connectivity index (χ1v) is 8.75. The zero-order valence-corrected chi connectivity index (χ0v) is 14.4. The summed E-state index contributed by atoms with van der Waals surface area (Å²) in [6.07, 6.45) is -0.508. The van der Waals surface area contributed by atoms with E-state index >= 15 is 0 Å². The van der Waals surface area contributed by atoms with E-state index in [0.717, 1.165) is 31.9 Å². The highest BCUT2D eigenvalue weighted by Crippen LogP contribution is 2.34. The molecule has 3 atom stereocenters. The van der Waals surface area contributed by atoms with Gasteiger partial charge in [0.2, 0.25) is 0 Å². The van der Waals surface area contributed by atoms with E-state index < -0.39 is 6.10 Å². The average Bonchev–Trinajstić information content (AvgIpc) is 3.12. The first-order chi connectivity index (χ1) is 11.6. The van der Waals surface area contributed by atoms with Gasteiger partial charge in [-0.2, -0.15) is 0 Å². The van der Waals surface area contributed by atoms with Gasteiger partial charge in [0, 0.05) is 50.2 Å². The van der Waals surface area contributed by atoms with E-state index in [9.17, 15) is 9.90 Å². The maximum atomic E-state index is 12.1. The fraction of sp³-hybridized carbons (Fsp3) is 0.611. The van der Waals surface area contributed by atoms with Gasteiger partial charge in [0.05, 0.1) is 12.7 Å². The van der Waals surface area contributed by atoms with Gasteiger partial charge >= 0.3 is 6.03 Å². The van der Waals surface area contributed by atoms with Crippen molar-refractivity contribution >= 4 is 11.7 Å². The third kappa shape index (κ3) is 3.75. The molecule has 1 aromatic carbocycles. The van der Waals surface area contributed by atoms with Crippen molar-refractivity contribution in [1.82, 2.24) is 10.2 Å². The first kappa shape index (κ1) is 16.9. The molecule has 6 nitrogen and oxygen atoms in total. The first-order valence-electron chi connectivity index (χ1n) is 8.75. The number of nitrogens with zero attached hydrogens (tertiary/aromatic N) is 2. The quantitative estimate of drug-likeness (QED) is 0.858. The number of aliphatic hydroxyl groups excluding tert-OH is 1. The summed E-state index contributed by atoms with van der Waals surface area (Å²) in [5.41, 5.74) is 1.22. The third-order valence-electron chi connectivity index (χ3n) is 4.84. The number of hydrogen-bond acceptors (Lipinski definition) is 4. The van der Waals surface area contributed by atoms with Crippen LogP contribution in [0.2, 0.25) is 0 Å². The van der Waals surface area contributed by atoms with Gasteiger partial charge in [0.25, 0.3) is 0 Å². The maximum Gasteiger partial charge on any atom is 0.317 e. The van der Waals surface area contributed by atoms with Gasteiger partial charge in [-0.15, -0.1) is 0 Å². The lowest BCUT2D eigenvalue weighted by atomic mass is 10.0. The number of carbonyl (C=O) groups excluding carboxylic acids is 1. The van der Waals surface area contributed by atoms with E-state index in [2.05, 4.69) is 22.3 Å². The number of rotatable bonds is 5. The second-order valence-corrected chi connectivity index (χ2v) is 6.79. The molecule has 2 saturated heterocycles. The molecule has 132 valence electrons. The van der Waals surface area contributed by atoms with Crippen LogP contribution in [0.3, 0.4) is 0 Å². The number of fused-ring (bicyclic) bond motifs is 1. The van der Waals surface area contributed by atoms with E-state index in [1.54, 1.807) is 6.92 Å². The summed E-state index contributed by atoms with van der Waals surface area (Å²) >= 11 is 0. The number of carbonyl (C=O) groups is 1. The molecule has 0 radical (unpaired) electrons. The molecular weight excluding hydrogens is 306 g/mol. The Kier molecular flexibility index (Phi) is 5.14. The lowest BCUT2D eigenvalue weighted by molar-refractivity contribution is 0.175. The Morgan fingerprint density at radius 3 is 2.42 bits per heavy atom. The lowest BCUT2D eigenvalue weighted by Gasteiger charge is -2.23. The molecule has 0 aliphatic carbocycles. The van der Waals surface area contributed by atoms with Crippen molar-refractivity contribution < 1.29 is 14.6 Å². The van der Waals surface area contributed by atoms with Gasteiger partial charge in [-0.25, -0.2) is 4.79 Å². The van der Waals surface area contributed by atoms with Crippen LogP contribution in [0.4, 0.5) is 10.5 Å². The Balaban J connectivity index is 1.52. The highest BCUT2D eigenvalue weighted by Gasteiger charge is 2.41. The van der Waals surface area contributed by atoms with Crippen LogP contribution in [0.5, 0.6) is 5.75 Å². The molecule has 0 spiro atoms. The van der Waals surface area contributed by atoms with E-state index in [-0.39, 0.29) is 6.03 Å². The molecule has 24 heavy (non-hydrogen) atoms. The number of ether oxygens (including phenoxy) is 1. The summed E-state index contributed by atoms with van der Waals surface area (Å²) < 4.78 is 5.49. The SMILES string of the molecule is CCOc1ccc(N2C[C@H]3CN(C(=O)NC[C@@H](C)O)C[C@H]3C2)cc1. The number of hydrogen-bond donors (Lipinski definition) is 2. The Bertz CT molecular complexity index is 547. The summed E-state index contributed by atoms with van der Waals surface area (Å²) in [6, 6.07) is 8.20. The topological polar surface area (TPSA) is 65.0 Å². The maximum absolute atomic E-state index is 12.1. The van der Waals surface area contributed by atoms with Gasteiger partial charge in [-0.1, -0.05) is 0 Å². The van der Waals surface area contributed by atoms with Gasteiger partial charge in [0.1, 0.15) is 5.75 Å². The number of aliphatic hydroxyl groups is 1. The van der Waals surface area contributed by atoms with Crippen LogP contribution in [0.15, 0.2) is 24.3 Å². The van der Waals surface area contributed by atoms with E-state index in [0.29, 0.717) is 25.0 Å². The van der Waals surface area contributed by atoms with Crippen LogP contribution in [-0.4, -0.2) is 61.5 Å². The average molecular weight is 333 g/mol. The van der Waals surface area contributed by atoms with Crippen molar-refractivity contribution in [1.29, 1.82) is 0 Å².